The van der Waals surface area contributed by atoms with Crippen molar-refractivity contribution >= 4 is 5.69 Å². The summed E-state index contributed by atoms with van der Waals surface area (Å²) < 4.78 is 10.9. The average molecular weight is 283 g/mol. The Morgan fingerprint density at radius 3 is 2.71 bits per heavy atom. The lowest BCUT2D eigenvalue weighted by molar-refractivity contribution is 0.356. The first-order valence-electron chi connectivity index (χ1n) is 7.33. The van der Waals surface area contributed by atoms with E-state index in [2.05, 4.69) is 36.5 Å². The molecular weight excluding hydrogens is 262 g/mol. The molecule has 0 radical (unpaired) electrons. The van der Waals surface area contributed by atoms with E-state index in [-0.39, 0.29) is 0 Å². The van der Waals surface area contributed by atoms with E-state index in [0.717, 1.165) is 23.5 Å². The van der Waals surface area contributed by atoms with Crippen molar-refractivity contribution in [3.63, 3.8) is 0 Å². The van der Waals surface area contributed by atoms with Crippen LogP contribution in [-0.2, 0) is 6.42 Å². The Morgan fingerprint density at radius 2 is 1.95 bits per heavy atom. The molecule has 0 aromatic heterocycles. The highest BCUT2D eigenvalue weighted by molar-refractivity contribution is 5.76. The fourth-order valence-corrected chi connectivity index (χ4v) is 2.93. The van der Waals surface area contributed by atoms with Crippen LogP contribution < -0.4 is 14.8 Å². The standard InChI is InChI=1S/C18H21NO2/c1-12-7-8-14-11-13(9-10-16(14)19-12)15-5-4-6-17(20-2)18(15)21-3/h4-6,9-12,19H,7-8H2,1-3H3. The monoisotopic (exact) mass is 283 g/mol. The highest BCUT2D eigenvalue weighted by Crippen LogP contribution is 2.39. The largest absolute Gasteiger partial charge is 0.493 e. The number of hydrogen-bond acceptors (Lipinski definition) is 3. The minimum Gasteiger partial charge on any atom is -0.493 e. The Morgan fingerprint density at radius 1 is 1.10 bits per heavy atom. The molecule has 1 unspecified atom stereocenters. The summed E-state index contributed by atoms with van der Waals surface area (Å²) in [5.74, 6) is 1.55. The van der Waals surface area contributed by atoms with Crippen molar-refractivity contribution in [1.82, 2.24) is 0 Å². The summed E-state index contributed by atoms with van der Waals surface area (Å²) in [7, 11) is 3.35. The Hall–Kier alpha value is -2.16. The van der Waals surface area contributed by atoms with Crippen molar-refractivity contribution in [2.75, 3.05) is 19.5 Å². The molecule has 1 aliphatic heterocycles. The van der Waals surface area contributed by atoms with E-state index < -0.39 is 0 Å². The van der Waals surface area contributed by atoms with Crippen LogP contribution in [0, 0.1) is 0 Å². The number of para-hydroxylation sites is 1. The van der Waals surface area contributed by atoms with Gasteiger partial charge in [-0.05, 0) is 49.1 Å². The molecule has 1 heterocycles. The van der Waals surface area contributed by atoms with Crippen molar-refractivity contribution in [1.29, 1.82) is 0 Å². The summed E-state index contributed by atoms with van der Waals surface area (Å²) in [6.45, 7) is 2.22. The molecule has 21 heavy (non-hydrogen) atoms. The summed E-state index contributed by atoms with van der Waals surface area (Å²) in [6.07, 6.45) is 2.29. The normalized spacial score (nSPS) is 16.8. The summed E-state index contributed by atoms with van der Waals surface area (Å²) in [4.78, 5) is 0. The third kappa shape index (κ3) is 2.56. The quantitative estimate of drug-likeness (QED) is 0.919. The number of nitrogens with one attached hydrogen (secondary N) is 1. The van der Waals surface area contributed by atoms with Crippen LogP contribution in [0.2, 0.25) is 0 Å². The number of aryl methyl sites for hydroxylation is 1. The first-order valence-corrected chi connectivity index (χ1v) is 7.33. The molecule has 0 saturated carbocycles. The third-order valence-electron chi connectivity index (χ3n) is 4.07. The predicted molar refractivity (Wildman–Crippen MR) is 86.4 cm³/mol. The molecule has 2 aromatic carbocycles. The molecule has 0 bridgehead atoms. The smallest absolute Gasteiger partial charge is 0.168 e. The molecule has 0 saturated heterocycles. The van der Waals surface area contributed by atoms with Crippen LogP contribution in [0.3, 0.4) is 0 Å². The van der Waals surface area contributed by atoms with E-state index in [9.17, 15) is 0 Å². The number of benzene rings is 2. The number of hydrogen-bond donors (Lipinski definition) is 1. The van der Waals surface area contributed by atoms with Gasteiger partial charge in [-0.1, -0.05) is 18.2 Å². The lowest BCUT2D eigenvalue weighted by Gasteiger charge is -2.25. The molecule has 3 heteroatoms. The Kier molecular flexibility index (Phi) is 3.74. The lowest BCUT2D eigenvalue weighted by Crippen LogP contribution is -2.21. The minimum atomic E-state index is 0.551. The molecule has 1 aliphatic rings. The molecule has 3 rings (SSSR count). The van der Waals surface area contributed by atoms with Gasteiger partial charge in [0.25, 0.3) is 0 Å². The first-order chi connectivity index (χ1) is 10.2. The molecule has 1 N–H and O–H groups in total. The van der Waals surface area contributed by atoms with Crippen molar-refractivity contribution in [2.45, 2.75) is 25.8 Å². The van der Waals surface area contributed by atoms with Gasteiger partial charge in [-0.3, -0.25) is 0 Å². The Bertz CT molecular complexity index is 652. The van der Waals surface area contributed by atoms with E-state index >= 15 is 0 Å². The van der Waals surface area contributed by atoms with Gasteiger partial charge in [-0.2, -0.15) is 0 Å². The minimum absolute atomic E-state index is 0.551. The predicted octanol–water partition coefficient (Wildman–Crippen LogP) is 4.12. The van der Waals surface area contributed by atoms with Gasteiger partial charge in [-0.25, -0.2) is 0 Å². The highest BCUT2D eigenvalue weighted by Gasteiger charge is 2.16. The van der Waals surface area contributed by atoms with Gasteiger partial charge in [0, 0.05) is 17.3 Å². The van der Waals surface area contributed by atoms with Crippen LogP contribution in [0.5, 0.6) is 11.5 Å². The Balaban J connectivity index is 2.05. The van der Waals surface area contributed by atoms with E-state index in [0.29, 0.717) is 6.04 Å². The molecule has 0 amide bonds. The average Bonchev–Trinajstić information content (AvgIpc) is 2.53. The highest BCUT2D eigenvalue weighted by atomic mass is 16.5. The second-order valence-corrected chi connectivity index (χ2v) is 5.50. The van der Waals surface area contributed by atoms with E-state index in [1.807, 2.05) is 12.1 Å². The fourth-order valence-electron chi connectivity index (χ4n) is 2.93. The van der Waals surface area contributed by atoms with Crippen molar-refractivity contribution in [3.05, 3.63) is 42.0 Å². The summed E-state index contributed by atoms with van der Waals surface area (Å²) in [5, 5.41) is 3.53. The van der Waals surface area contributed by atoms with Gasteiger partial charge in [0.05, 0.1) is 14.2 Å². The van der Waals surface area contributed by atoms with Crippen molar-refractivity contribution < 1.29 is 9.47 Å². The first kappa shape index (κ1) is 13.8. The van der Waals surface area contributed by atoms with E-state index in [1.54, 1.807) is 14.2 Å². The molecule has 0 fully saturated rings. The molecule has 0 aliphatic carbocycles. The maximum Gasteiger partial charge on any atom is 0.168 e. The van der Waals surface area contributed by atoms with Gasteiger partial charge in [-0.15, -0.1) is 0 Å². The maximum atomic E-state index is 5.54. The third-order valence-corrected chi connectivity index (χ3v) is 4.07. The maximum absolute atomic E-state index is 5.54. The number of anilines is 1. The number of ether oxygens (including phenoxy) is 2. The van der Waals surface area contributed by atoms with Crippen molar-refractivity contribution in [2.24, 2.45) is 0 Å². The van der Waals surface area contributed by atoms with E-state index in [1.165, 1.54) is 23.2 Å². The topological polar surface area (TPSA) is 30.5 Å². The Labute approximate surface area is 125 Å². The van der Waals surface area contributed by atoms with Crippen LogP contribution in [-0.4, -0.2) is 20.3 Å². The van der Waals surface area contributed by atoms with Crippen LogP contribution >= 0.6 is 0 Å². The molecule has 2 aromatic rings. The fraction of sp³-hybridized carbons (Fsp3) is 0.333. The van der Waals surface area contributed by atoms with Gasteiger partial charge in [0.1, 0.15) is 0 Å². The zero-order valence-electron chi connectivity index (χ0n) is 12.8. The lowest BCUT2D eigenvalue weighted by atomic mass is 9.94. The second-order valence-electron chi connectivity index (χ2n) is 5.50. The van der Waals surface area contributed by atoms with Gasteiger partial charge in [0.2, 0.25) is 0 Å². The van der Waals surface area contributed by atoms with Gasteiger partial charge in [0.15, 0.2) is 11.5 Å². The molecule has 1 atom stereocenters. The second kappa shape index (κ2) is 5.68. The summed E-state index contributed by atoms with van der Waals surface area (Å²) >= 11 is 0. The van der Waals surface area contributed by atoms with Crippen LogP contribution in [0.25, 0.3) is 11.1 Å². The zero-order chi connectivity index (χ0) is 14.8. The molecule has 3 nitrogen and oxygen atoms in total. The molecule has 0 spiro atoms. The van der Waals surface area contributed by atoms with Crippen LogP contribution in [0.15, 0.2) is 36.4 Å². The van der Waals surface area contributed by atoms with Gasteiger partial charge < -0.3 is 14.8 Å². The zero-order valence-corrected chi connectivity index (χ0v) is 12.8. The SMILES string of the molecule is COc1cccc(-c2ccc3c(c2)CCC(C)N3)c1OC. The van der Waals surface area contributed by atoms with Crippen LogP contribution in [0.1, 0.15) is 18.9 Å². The number of fused-ring (bicyclic) bond motifs is 1. The molecule has 110 valence electrons. The molecular formula is C18H21NO2. The number of rotatable bonds is 3. The van der Waals surface area contributed by atoms with Gasteiger partial charge >= 0.3 is 0 Å². The summed E-state index contributed by atoms with van der Waals surface area (Å²) in [5.41, 5.74) is 4.86. The number of methoxy groups -OCH3 is 2. The van der Waals surface area contributed by atoms with Crippen molar-refractivity contribution in [3.8, 4) is 22.6 Å². The summed E-state index contributed by atoms with van der Waals surface area (Å²) in [6, 6.07) is 13.1. The van der Waals surface area contributed by atoms with E-state index in [4.69, 9.17) is 9.47 Å². The van der Waals surface area contributed by atoms with Crippen LogP contribution in [0.4, 0.5) is 5.69 Å².